The number of fused-ring (bicyclic) bond motifs is 1. The molecule has 0 aliphatic rings. The van der Waals surface area contributed by atoms with Crippen LogP contribution in [0.1, 0.15) is 28.2 Å². The van der Waals surface area contributed by atoms with E-state index in [-0.39, 0.29) is 5.91 Å². The topological polar surface area (TPSA) is 102 Å². The summed E-state index contributed by atoms with van der Waals surface area (Å²) in [6.07, 6.45) is 5.88. The van der Waals surface area contributed by atoms with Crippen molar-refractivity contribution in [2.45, 2.75) is 20.3 Å². The van der Waals surface area contributed by atoms with Gasteiger partial charge >= 0.3 is 0 Å². The predicted molar refractivity (Wildman–Crippen MR) is 109 cm³/mol. The first-order valence-electron chi connectivity index (χ1n) is 9.45. The van der Waals surface area contributed by atoms with Gasteiger partial charge < -0.3 is 19.6 Å². The Bertz CT molecular complexity index is 1140. The molecule has 0 aliphatic heterocycles. The molecule has 4 heterocycles. The summed E-state index contributed by atoms with van der Waals surface area (Å²) in [5.41, 5.74) is 3.51. The molecule has 0 saturated carbocycles. The Morgan fingerprint density at radius 2 is 2.14 bits per heavy atom. The van der Waals surface area contributed by atoms with Gasteiger partial charge in [-0.05, 0) is 32.4 Å². The lowest BCUT2D eigenvalue weighted by Crippen LogP contribution is -2.25. The molecule has 0 radical (unpaired) electrons. The Hall–Kier alpha value is -3.62. The monoisotopic (exact) mass is 393 g/mol. The highest BCUT2D eigenvalue weighted by atomic mass is 16.3. The maximum Gasteiger partial charge on any atom is 0.286 e. The first-order valence-corrected chi connectivity index (χ1v) is 9.45. The number of nitrogens with zero attached hydrogens (tertiary/aromatic N) is 5. The number of imidazole rings is 1. The lowest BCUT2D eigenvalue weighted by molar-refractivity contribution is 0.0926. The van der Waals surface area contributed by atoms with Crippen molar-refractivity contribution in [3.05, 3.63) is 53.9 Å². The molecule has 4 rings (SSSR count). The zero-order chi connectivity index (χ0) is 20.4. The lowest BCUT2D eigenvalue weighted by Gasteiger charge is -2.13. The first kappa shape index (κ1) is 18.7. The number of carbonyl (C=O) groups excluding carboxylic acids is 1. The summed E-state index contributed by atoms with van der Waals surface area (Å²) in [6.45, 7) is 5.22. The Morgan fingerprint density at radius 3 is 2.86 bits per heavy atom. The van der Waals surface area contributed by atoms with Crippen molar-refractivity contribution in [1.82, 2.24) is 29.5 Å². The van der Waals surface area contributed by atoms with Gasteiger partial charge in [0.05, 0.1) is 6.26 Å². The van der Waals surface area contributed by atoms with Crippen molar-refractivity contribution < 1.29 is 9.21 Å². The standard InChI is InChI=1S/C20H23N7O2/c1-13-14(2)24-17-12-15(19-22-9-10-26(19)3)25-27(17)18(13)21-7-5-8-23-20(28)16-6-4-11-29-16/h4,6,9-12,21H,5,7-8H2,1-3H3,(H,23,28). The number of furan rings is 1. The van der Waals surface area contributed by atoms with Crippen LogP contribution in [-0.2, 0) is 7.05 Å². The number of hydrogen-bond donors (Lipinski definition) is 2. The summed E-state index contributed by atoms with van der Waals surface area (Å²) in [6, 6.07) is 5.27. The number of aromatic nitrogens is 5. The molecule has 4 aromatic heterocycles. The highest BCUT2D eigenvalue weighted by Crippen LogP contribution is 2.23. The van der Waals surface area contributed by atoms with Gasteiger partial charge in [0.15, 0.2) is 17.2 Å². The maximum absolute atomic E-state index is 11.9. The summed E-state index contributed by atoms with van der Waals surface area (Å²) >= 11 is 0. The van der Waals surface area contributed by atoms with Gasteiger partial charge in [0.1, 0.15) is 11.5 Å². The zero-order valence-corrected chi connectivity index (χ0v) is 16.6. The number of amides is 1. The minimum Gasteiger partial charge on any atom is -0.459 e. The molecule has 2 N–H and O–H groups in total. The van der Waals surface area contributed by atoms with Gasteiger partial charge in [0, 0.05) is 49.9 Å². The first-order chi connectivity index (χ1) is 14.0. The minimum atomic E-state index is -0.208. The van der Waals surface area contributed by atoms with Gasteiger partial charge in [0.2, 0.25) is 0 Å². The third kappa shape index (κ3) is 3.71. The number of hydrogen-bond acceptors (Lipinski definition) is 6. The molecule has 0 saturated heterocycles. The van der Waals surface area contributed by atoms with E-state index < -0.39 is 0 Å². The van der Waals surface area contributed by atoms with Crippen LogP contribution < -0.4 is 10.6 Å². The molecule has 0 unspecified atom stereocenters. The Morgan fingerprint density at radius 1 is 1.28 bits per heavy atom. The number of rotatable bonds is 7. The van der Waals surface area contributed by atoms with Crippen molar-refractivity contribution in [2.24, 2.45) is 7.05 Å². The van der Waals surface area contributed by atoms with Crippen LogP contribution in [-0.4, -0.2) is 43.1 Å². The molecule has 0 atom stereocenters. The molecule has 4 aromatic rings. The normalized spacial score (nSPS) is 11.1. The molecule has 9 heteroatoms. The van der Waals surface area contributed by atoms with E-state index in [1.807, 2.05) is 42.2 Å². The smallest absolute Gasteiger partial charge is 0.286 e. The van der Waals surface area contributed by atoms with Crippen LogP contribution in [0.2, 0.25) is 0 Å². The van der Waals surface area contributed by atoms with E-state index in [9.17, 15) is 4.79 Å². The number of anilines is 1. The molecule has 0 aromatic carbocycles. The molecule has 0 bridgehead atoms. The van der Waals surface area contributed by atoms with Crippen LogP contribution in [0, 0.1) is 13.8 Å². The van der Waals surface area contributed by atoms with Crippen molar-refractivity contribution >= 4 is 17.4 Å². The molecule has 1 amide bonds. The second-order valence-electron chi connectivity index (χ2n) is 6.85. The van der Waals surface area contributed by atoms with Crippen LogP contribution in [0.3, 0.4) is 0 Å². The minimum absolute atomic E-state index is 0.208. The van der Waals surface area contributed by atoms with Crippen molar-refractivity contribution in [3.63, 3.8) is 0 Å². The largest absolute Gasteiger partial charge is 0.459 e. The van der Waals surface area contributed by atoms with E-state index in [4.69, 9.17) is 9.52 Å². The van der Waals surface area contributed by atoms with Crippen molar-refractivity contribution in [3.8, 4) is 11.5 Å². The van der Waals surface area contributed by atoms with E-state index in [1.54, 1.807) is 18.3 Å². The van der Waals surface area contributed by atoms with E-state index in [0.29, 0.717) is 18.8 Å². The third-order valence-electron chi connectivity index (χ3n) is 4.81. The maximum atomic E-state index is 11.9. The van der Waals surface area contributed by atoms with E-state index in [1.165, 1.54) is 6.26 Å². The number of aryl methyl sites for hydroxylation is 2. The lowest BCUT2D eigenvalue weighted by atomic mass is 10.2. The molecule has 9 nitrogen and oxygen atoms in total. The fourth-order valence-corrected chi connectivity index (χ4v) is 3.12. The SMILES string of the molecule is Cc1nc2cc(-c3nccn3C)nn2c(NCCCNC(=O)c2ccco2)c1C. The van der Waals surface area contributed by atoms with Crippen LogP contribution in [0.25, 0.3) is 17.2 Å². The quantitative estimate of drug-likeness (QED) is 0.468. The Balaban J connectivity index is 1.46. The Kier molecular flexibility index (Phi) is 5.03. The summed E-state index contributed by atoms with van der Waals surface area (Å²) in [7, 11) is 1.94. The highest BCUT2D eigenvalue weighted by Gasteiger charge is 2.15. The second-order valence-corrected chi connectivity index (χ2v) is 6.85. The Labute approximate surface area is 167 Å². The molecular weight excluding hydrogens is 370 g/mol. The summed E-state index contributed by atoms with van der Waals surface area (Å²) in [5, 5.41) is 11.0. The van der Waals surface area contributed by atoms with Crippen LogP contribution >= 0.6 is 0 Å². The van der Waals surface area contributed by atoms with Crippen molar-refractivity contribution in [2.75, 3.05) is 18.4 Å². The van der Waals surface area contributed by atoms with E-state index in [2.05, 4.69) is 20.6 Å². The van der Waals surface area contributed by atoms with Gasteiger partial charge in [-0.3, -0.25) is 4.79 Å². The molecule has 0 fully saturated rings. The number of carbonyl (C=O) groups is 1. The fraction of sp³-hybridized carbons (Fsp3) is 0.300. The number of nitrogens with one attached hydrogen (secondary N) is 2. The molecule has 0 aliphatic carbocycles. The van der Waals surface area contributed by atoms with Crippen LogP contribution in [0.15, 0.2) is 41.3 Å². The van der Waals surface area contributed by atoms with Gasteiger partial charge in [-0.1, -0.05) is 0 Å². The van der Waals surface area contributed by atoms with Gasteiger partial charge in [-0.25, -0.2) is 9.97 Å². The van der Waals surface area contributed by atoms with Crippen LogP contribution in [0.5, 0.6) is 0 Å². The summed E-state index contributed by atoms with van der Waals surface area (Å²) in [5.74, 6) is 1.79. The van der Waals surface area contributed by atoms with E-state index in [0.717, 1.165) is 40.7 Å². The summed E-state index contributed by atoms with van der Waals surface area (Å²) in [4.78, 5) is 20.9. The molecule has 29 heavy (non-hydrogen) atoms. The average Bonchev–Trinajstić information content (AvgIpc) is 3.44. The molecule has 150 valence electrons. The molecule has 0 spiro atoms. The average molecular weight is 393 g/mol. The molecular formula is C20H23N7O2. The highest BCUT2D eigenvalue weighted by molar-refractivity contribution is 5.91. The van der Waals surface area contributed by atoms with Crippen molar-refractivity contribution in [1.29, 1.82) is 0 Å². The van der Waals surface area contributed by atoms with Gasteiger partial charge in [-0.2, -0.15) is 9.61 Å². The van der Waals surface area contributed by atoms with Gasteiger partial charge in [0.25, 0.3) is 5.91 Å². The van der Waals surface area contributed by atoms with E-state index >= 15 is 0 Å². The van der Waals surface area contributed by atoms with Crippen LogP contribution in [0.4, 0.5) is 5.82 Å². The van der Waals surface area contributed by atoms with Gasteiger partial charge in [-0.15, -0.1) is 0 Å². The second kappa shape index (κ2) is 7.78. The predicted octanol–water partition coefficient (Wildman–Crippen LogP) is 2.57. The summed E-state index contributed by atoms with van der Waals surface area (Å²) < 4.78 is 8.83. The fourth-order valence-electron chi connectivity index (χ4n) is 3.12. The third-order valence-corrected chi connectivity index (χ3v) is 4.81. The zero-order valence-electron chi connectivity index (χ0n) is 16.6.